The summed E-state index contributed by atoms with van der Waals surface area (Å²) < 4.78 is 22.2. The molecule has 0 radical (unpaired) electrons. The molecule has 1 aromatic carbocycles. The highest BCUT2D eigenvalue weighted by atomic mass is 35.5. The van der Waals surface area contributed by atoms with Crippen LogP contribution in [-0.2, 0) is 9.84 Å². The van der Waals surface area contributed by atoms with Gasteiger partial charge in [0.2, 0.25) is 0 Å². The molecule has 0 bridgehead atoms. The number of nitro groups is 1. The molecule has 0 aliphatic carbocycles. The molecule has 0 saturated carbocycles. The molecule has 96 valence electrons. The highest BCUT2D eigenvalue weighted by Crippen LogP contribution is 2.21. The molecule has 17 heavy (non-hydrogen) atoms. The van der Waals surface area contributed by atoms with Crippen LogP contribution in [0, 0.1) is 10.1 Å². The summed E-state index contributed by atoms with van der Waals surface area (Å²) in [5, 5.41) is 10.5. The quantitative estimate of drug-likeness (QED) is 0.480. The number of benzene rings is 1. The summed E-state index contributed by atoms with van der Waals surface area (Å²) >= 11 is 0. The first-order valence-corrected chi connectivity index (χ1v) is 5.69. The van der Waals surface area contributed by atoms with Crippen molar-refractivity contribution in [1.29, 1.82) is 0 Å². The van der Waals surface area contributed by atoms with Gasteiger partial charge in [0.25, 0.3) is 5.69 Å². The number of nitro benzene ring substituents is 1. The van der Waals surface area contributed by atoms with Crippen LogP contribution in [0.1, 0.15) is 10.4 Å². The van der Waals surface area contributed by atoms with E-state index in [0.29, 0.717) is 6.29 Å². The minimum atomic E-state index is -3.50. The number of carbonyl (C=O) groups excluding carboxylic acids is 1. The summed E-state index contributed by atoms with van der Waals surface area (Å²) in [4.78, 5) is 20.0. The van der Waals surface area contributed by atoms with Gasteiger partial charge in [-0.3, -0.25) is 14.9 Å². The molecule has 0 saturated heterocycles. The summed E-state index contributed by atoms with van der Waals surface area (Å²) in [5.74, 6) is 0. The number of carbonyl (C=O) groups is 1. The molecule has 0 N–H and O–H groups in total. The fourth-order valence-corrected chi connectivity index (χ4v) is 1.65. The molecule has 1 rings (SSSR count). The SMILES string of the molecule is CS(=O)(=O)c1ccc(C=O)c([N+](=O)[O-])c1.Cl.Cl. The highest BCUT2D eigenvalue weighted by Gasteiger charge is 2.17. The van der Waals surface area contributed by atoms with E-state index < -0.39 is 20.4 Å². The van der Waals surface area contributed by atoms with E-state index in [2.05, 4.69) is 0 Å². The molecule has 1 aromatic rings. The molecule has 0 atom stereocenters. The summed E-state index contributed by atoms with van der Waals surface area (Å²) in [5.41, 5.74) is -0.652. The third-order valence-corrected chi connectivity index (χ3v) is 2.86. The Morgan fingerprint density at radius 2 is 1.82 bits per heavy atom. The van der Waals surface area contributed by atoms with Gasteiger partial charge in [0, 0.05) is 12.3 Å². The van der Waals surface area contributed by atoms with Crippen molar-refractivity contribution in [3.8, 4) is 0 Å². The zero-order valence-electron chi connectivity index (χ0n) is 8.52. The Bertz CT molecular complexity index is 529. The molecule has 0 heterocycles. The monoisotopic (exact) mass is 301 g/mol. The third-order valence-electron chi connectivity index (χ3n) is 1.75. The average molecular weight is 302 g/mol. The summed E-state index contributed by atoms with van der Waals surface area (Å²) in [6, 6.07) is 3.15. The smallest absolute Gasteiger partial charge is 0.281 e. The Hall–Kier alpha value is -1.18. The number of nitrogens with zero attached hydrogens (tertiary/aromatic N) is 1. The molecular formula is C8H9Cl2NO5S. The van der Waals surface area contributed by atoms with Gasteiger partial charge in [-0.1, -0.05) is 0 Å². The fraction of sp³-hybridized carbons (Fsp3) is 0.125. The lowest BCUT2D eigenvalue weighted by Crippen LogP contribution is -2.01. The Labute approximate surface area is 110 Å². The Kier molecular flexibility index (Phi) is 6.99. The average Bonchev–Trinajstić information content (AvgIpc) is 2.15. The van der Waals surface area contributed by atoms with E-state index in [9.17, 15) is 23.3 Å². The minimum absolute atomic E-state index is 0. The zero-order chi connectivity index (χ0) is 11.6. The number of hydrogen-bond acceptors (Lipinski definition) is 5. The largest absolute Gasteiger partial charge is 0.298 e. The lowest BCUT2D eigenvalue weighted by atomic mass is 10.2. The fourth-order valence-electron chi connectivity index (χ4n) is 1.01. The molecule has 0 aliphatic rings. The molecule has 9 heteroatoms. The van der Waals surface area contributed by atoms with Crippen LogP contribution in [-0.4, -0.2) is 25.9 Å². The van der Waals surface area contributed by atoms with Gasteiger partial charge < -0.3 is 0 Å². The predicted molar refractivity (Wildman–Crippen MR) is 66.1 cm³/mol. The van der Waals surface area contributed by atoms with Crippen LogP contribution >= 0.6 is 24.8 Å². The van der Waals surface area contributed by atoms with Crippen LogP contribution in [0.15, 0.2) is 23.1 Å². The van der Waals surface area contributed by atoms with E-state index in [1.807, 2.05) is 0 Å². The molecular weight excluding hydrogens is 293 g/mol. The van der Waals surface area contributed by atoms with Gasteiger partial charge in [-0.25, -0.2) is 8.42 Å². The Morgan fingerprint density at radius 1 is 1.29 bits per heavy atom. The van der Waals surface area contributed by atoms with E-state index in [1.54, 1.807) is 0 Å². The maximum Gasteiger partial charge on any atom is 0.281 e. The minimum Gasteiger partial charge on any atom is -0.298 e. The molecule has 0 unspecified atom stereocenters. The van der Waals surface area contributed by atoms with E-state index in [4.69, 9.17) is 0 Å². The molecule has 6 nitrogen and oxygen atoms in total. The lowest BCUT2D eigenvalue weighted by molar-refractivity contribution is -0.385. The normalized spacial score (nSPS) is 9.71. The molecule has 0 fully saturated rings. The van der Waals surface area contributed by atoms with E-state index in [1.165, 1.54) is 0 Å². The van der Waals surface area contributed by atoms with Crippen molar-refractivity contribution in [2.24, 2.45) is 0 Å². The van der Waals surface area contributed by atoms with Crippen molar-refractivity contribution in [2.75, 3.05) is 6.26 Å². The summed E-state index contributed by atoms with van der Waals surface area (Å²) in [6.07, 6.45) is 1.25. The van der Waals surface area contributed by atoms with Gasteiger partial charge in [-0.05, 0) is 12.1 Å². The Balaban J connectivity index is 0. The first-order valence-electron chi connectivity index (χ1n) is 3.80. The van der Waals surface area contributed by atoms with Crippen LogP contribution in [0.5, 0.6) is 0 Å². The third kappa shape index (κ3) is 4.29. The van der Waals surface area contributed by atoms with Crippen molar-refractivity contribution in [3.05, 3.63) is 33.9 Å². The lowest BCUT2D eigenvalue weighted by Gasteiger charge is -1.99. The standard InChI is InChI=1S/C8H7NO5S.2ClH/c1-15(13,14)7-3-2-6(5-10)8(4-7)9(11)12;;/h2-5H,1H3;2*1H. The molecule has 0 amide bonds. The van der Waals surface area contributed by atoms with E-state index in [-0.39, 0.29) is 35.3 Å². The zero-order valence-corrected chi connectivity index (χ0v) is 11.0. The van der Waals surface area contributed by atoms with Gasteiger partial charge in [0.15, 0.2) is 16.1 Å². The predicted octanol–water partition coefficient (Wildman–Crippen LogP) is 1.65. The second kappa shape index (κ2) is 6.53. The summed E-state index contributed by atoms with van der Waals surface area (Å²) in [6.45, 7) is 0. The van der Waals surface area contributed by atoms with Gasteiger partial charge in [-0.15, -0.1) is 24.8 Å². The van der Waals surface area contributed by atoms with E-state index in [0.717, 1.165) is 24.5 Å². The summed E-state index contributed by atoms with van der Waals surface area (Å²) in [7, 11) is -3.50. The number of hydrogen-bond donors (Lipinski definition) is 0. The van der Waals surface area contributed by atoms with Crippen molar-refractivity contribution >= 4 is 46.6 Å². The van der Waals surface area contributed by atoms with Crippen molar-refractivity contribution in [1.82, 2.24) is 0 Å². The topological polar surface area (TPSA) is 94.3 Å². The first-order chi connectivity index (χ1) is 6.86. The van der Waals surface area contributed by atoms with Crippen molar-refractivity contribution in [2.45, 2.75) is 4.90 Å². The molecule has 0 spiro atoms. The van der Waals surface area contributed by atoms with Gasteiger partial charge in [-0.2, -0.15) is 0 Å². The highest BCUT2D eigenvalue weighted by molar-refractivity contribution is 7.90. The maximum atomic E-state index is 11.1. The first kappa shape index (κ1) is 18.2. The van der Waals surface area contributed by atoms with E-state index >= 15 is 0 Å². The Morgan fingerprint density at radius 3 is 2.18 bits per heavy atom. The number of halogens is 2. The van der Waals surface area contributed by atoms with Crippen molar-refractivity contribution < 1.29 is 18.1 Å². The molecule has 0 aliphatic heterocycles. The van der Waals surface area contributed by atoms with Crippen LogP contribution < -0.4 is 0 Å². The van der Waals surface area contributed by atoms with Crippen LogP contribution in [0.4, 0.5) is 5.69 Å². The number of rotatable bonds is 3. The van der Waals surface area contributed by atoms with Gasteiger partial charge >= 0.3 is 0 Å². The second-order valence-electron chi connectivity index (χ2n) is 2.87. The van der Waals surface area contributed by atoms with Gasteiger partial charge in [0.05, 0.1) is 15.4 Å². The van der Waals surface area contributed by atoms with Crippen LogP contribution in [0.3, 0.4) is 0 Å². The second-order valence-corrected chi connectivity index (χ2v) is 4.88. The van der Waals surface area contributed by atoms with Gasteiger partial charge in [0.1, 0.15) is 0 Å². The maximum absolute atomic E-state index is 11.1. The van der Waals surface area contributed by atoms with Crippen LogP contribution in [0.2, 0.25) is 0 Å². The van der Waals surface area contributed by atoms with Crippen molar-refractivity contribution in [3.63, 3.8) is 0 Å². The van der Waals surface area contributed by atoms with Crippen LogP contribution in [0.25, 0.3) is 0 Å². The molecule has 0 aromatic heterocycles. The number of aldehydes is 1. The number of sulfone groups is 1.